The van der Waals surface area contributed by atoms with E-state index in [1.807, 2.05) is 4.90 Å². The molecule has 1 saturated heterocycles. The Bertz CT molecular complexity index is 1310. The molecule has 0 bridgehead atoms. The number of amides is 1. The minimum absolute atomic E-state index is 0.148. The third-order valence-corrected chi connectivity index (χ3v) is 7.14. The molecule has 0 spiro atoms. The zero-order valence-corrected chi connectivity index (χ0v) is 21.2. The van der Waals surface area contributed by atoms with Crippen LogP contribution in [0, 0.1) is 11.6 Å². The number of halogens is 6. The first-order chi connectivity index (χ1) is 17.2. The highest BCUT2D eigenvalue weighted by Gasteiger charge is 2.34. The van der Waals surface area contributed by atoms with Gasteiger partial charge in [0.25, 0.3) is 5.91 Å². The molecule has 2 aliphatic rings. The summed E-state index contributed by atoms with van der Waals surface area (Å²) in [7, 11) is -3.85. The first-order valence-corrected chi connectivity index (χ1v) is 13.8. The number of rotatable bonds is 7. The Balaban J connectivity index is 1.43. The number of hydrogen-bond acceptors (Lipinski definition) is 5. The van der Waals surface area contributed by atoms with E-state index in [-0.39, 0.29) is 11.5 Å². The highest BCUT2D eigenvalue weighted by atomic mass is 35.5. The van der Waals surface area contributed by atoms with Gasteiger partial charge in [-0.25, -0.2) is 21.9 Å². The summed E-state index contributed by atoms with van der Waals surface area (Å²) in [5.41, 5.74) is 0.00433. The van der Waals surface area contributed by atoms with E-state index in [2.05, 4.69) is 0 Å². The van der Waals surface area contributed by atoms with E-state index < -0.39 is 56.2 Å². The minimum atomic E-state index is -4.70. The zero-order chi connectivity index (χ0) is 27.1. The molecule has 1 aliphatic carbocycles. The molecule has 1 heterocycles. The third-order valence-electron chi connectivity index (χ3n) is 6.31. The number of hydrogen-bond donors (Lipinski definition) is 1. The SMILES string of the molecule is CS(=O)(=O)NC(=O)c1cc(C2CC2)c(CN2CCC(Oc3cc(C(F)(F)F)cc(Cl)c3F)CC2)cc1F. The molecule has 37 heavy (non-hydrogen) atoms. The van der Waals surface area contributed by atoms with Crippen molar-refractivity contribution in [3.05, 3.63) is 63.2 Å². The highest BCUT2D eigenvalue weighted by Crippen LogP contribution is 2.43. The summed E-state index contributed by atoms with van der Waals surface area (Å²) in [5.74, 6) is -3.33. The second kappa shape index (κ2) is 10.4. The van der Waals surface area contributed by atoms with Crippen LogP contribution in [0.1, 0.15) is 58.6 Å². The fraction of sp³-hybridized carbons (Fsp3) is 0.458. The van der Waals surface area contributed by atoms with Gasteiger partial charge < -0.3 is 4.74 Å². The van der Waals surface area contributed by atoms with Crippen LogP contribution in [0.2, 0.25) is 5.02 Å². The Morgan fingerprint density at radius 1 is 1.11 bits per heavy atom. The largest absolute Gasteiger partial charge is 0.487 e. The average molecular weight is 567 g/mol. The molecule has 0 radical (unpaired) electrons. The van der Waals surface area contributed by atoms with Crippen molar-refractivity contribution in [1.29, 1.82) is 0 Å². The van der Waals surface area contributed by atoms with Crippen LogP contribution in [0.15, 0.2) is 24.3 Å². The molecule has 0 atom stereocenters. The number of alkyl halides is 3. The predicted molar refractivity (Wildman–Crippen MR) is 126 cm³/mol. The fourth-order valence-corrected chi connectivity index (χ4v) is 5.02. The first-order valence-electron chi connectivity index (χ1n) is 11.5. The van der Waals surface area contributed by atoms with Gasteiger partial charge in [0, 0.05) is 19.6 Å². The fourth-order valence-electron chi connectivity index (χ4n) is 4.36. The van der Waals surface area contributed by atoms with Crippen LogP contribution >= 0.6 is 11.6 Å². The van der Waals surface area contributed by atoms with Gasteiger partial charge in [0.05, 0.1) is 22.4 Å². The summed E-state index contributed by atoms with van der Waals surface area (Å²) in [4.78, 5) is 14.2. The lowest BCUT2D eigenvalue weighted by atomic mass is 9.97. The molecule has 6 nitrogen and oxygen atoms in total. The van der Waals surface area contributed by atoms with Gasteiger partial charge in [-0.1, -0.05) is 11.6 Å². The Labute approximate surface area is 215 Å². The maximum absolute atomic E-state index is 14.8. The summed E-state index contributed by atoms with van der Waals surface area (Å²) < 4.78 is 98.3. The van der Waals surface area contributed by atoms with E-state index >= 15 is 0 Å². The number of likely N-dealkylation sites (tertiary alicyclic amines) is 1. The lowest BCUT2D eigenvalue weighted by Gasteiger charge is -2.33. The van der Waals surface area contributed by atoms with E-state index in [1.165, 1.54) is 12.1 Å². The summed E-state index contributed by atoms with van der Waals surface area (Å²) in [6.45, 7) is 1.27. The van der Waals surface area contributed by atoms with E-state index in [1.54, 1.807) is 4.72 Å². The molecule has 2 aromatic rings. The third kappa shape index (κ3) is 6.91. The van der Waals surface area contributed by atoms with Crippen molar-refractivity contribution in [1.82, 2.24) is 9.62 Å². The van der Waals surface area contributed by atoms with Crippen LogP contribution in [-0.4, -0.2) is 44.7 Å². The molecule has 202 valence electrons. The van der Waals surface area contributed by atoms with Crippen molar-refractivity contribution in [3.8, 4) is 5.75 Å². The van der Waals surface area contributed by atoms with Crippen LogP contribution < -0.4 is 9.46 Å². The topological polar surface area (TPSA) is 75.7 Å². The predicted octanol–water partition coefficient (Wildman–Crippen LogP) is 5.25. The summed E-state index contributed by atoms with van der Waals surface area (Å²) in [6.07, 6.45) is -1.91. The Hall–Kier alpha value is -2.44. The first kappa shape index (κ1) is 27.6. The molecule has 2 fully saturated rings. The van der Waals surface area contributed by atoms with Gasteiger partial charge in [0.15, 0.2) is 11.6 Å². The molecule has 13 heteroatoms. The van der Waals surface area contributed by atoms with Gasteiger partial charge in [0.2, 0.25) is 10.0 Å². The Morgan fingerprint density at radius 3 is 2.32 bits per heavy atom. The molecule has 4 rings (SSSR count). The molecular weight excluding hydrogens is 543 g/mol. The van der Waals surface area contributed by atoms with Crippen LogP contribution in [-0.2, 0) is 22.7 Å². The Morgan fingerprint density at radius 2 is 1.76 bits per heavy atom. The van der Waals surface area contributed by atoms with Gasteiger partial charge in [-0.3, -0.25) is 9.69 Å². The lowest BCUT2D eigenvalue weighted by molar-refractivity contribution is -0.137. The van der Waals surface area contributed by atoms with E-state index in [4.69, 9.17) is 16.3 Å². The molecule has 1 amide bonds. The maximum Gasteiger partial charge on any atom is 0.416 e. The summed E-state index contributed by atoms with van der Waals surface area (Å²) in [6, 6.07) is 3.76. The average Bonchev–Trinajstić information content (AvgIpc) is 3.61. The molecule has 0 aromatic heterocycles. The van der Waals surface area contributed by atoms with Crippen molar-refractivity contribution in [2.45, 2.75) is 50.4 Å². The number of sulfonamides is 1. The standard InChI is InChI=1S/C24H24ClF5N2O4S/c1-37(34,35)31-23(33)18-11-17(13-2-3-13)14(8-20(18)26)12-32-6-4-16(5-7-32)36-21-10-15(24(28,29)30)9-19(25)22(21)27/h8-11,13,16H,2-7,12H2,1H3,(H,31,33). The number of nitrogens with zero attached hydrogens (tertiary/aromatic N) is 1. The zero-order valence-electron chi connectivity index (χ0n) is 19.7. The molecule has 1 aliphatic heterocycles. The smallest absolute Gasteiger partial charge is 0.416 e. The number of carbonyl (C=O) groups excluding carboxylic acids is 1. The molecular formula is C24H24ClF5N2O4S. The molecule has 1 N–H and O–H groups in total. The molecule has 0 unspecified atom stereocenters. The van der Waals surface area contributed by atoms with Crippen molar-refractivity contribution in [2.24, 2.45) is 0 Å². The monoisotopic (exact) mass is 566 g/mol. The van der Waals surface area contributed by atoms with Crippen LogP contribution in [0.4, 0.5) is 22.0 Å². The van der Waals surface area contributed by atoms with Gasteiger partial charge >= 0.3 is 6.18 Å². The van der Waals surface area contributed by atoms with Gasteiger partial charge in [0.1, 0.15) is 11.9 Å². The van der Waals surface area contributed by atoms with Gasteiger partial charge in [-0.2, -0.15) is 13.2 Å². The van der Waals surface area contributed by atoms with Gasteiger partial charge in [-0.15, -0.1) is 0 Å². The Kier molecular flexibility index (Phi) is 7.74. The number of benzene rings is 2. The second-order valence-corrected chi connectivity index (χ2v) is 11.5. The number of carbonyl (C=O) groups is 1. The van der Waals surface area contributed by atoms with Crippen molar-refractivity contribution in [2.75, 3.05) is 19.3 Å². The minimum Gasteiger partial charge on any atom is -0.487 e. The van der Waals surface area contributed by atoms with E-state index in [0.717, 1.165) is 24.7 Å². The molecule has 1 saturated carbocycles. The normalized spacial score (nSPS) is 17.6. The van der Waals surface area contributed by atoms with E-state index in [0.29, 0.717) is 50.2 Å². The van der Waals surface area contributed by atoms with Gasteiger partial charge in [-0.05, 0) is 67.0 Å². The summed E-state index contributed by atoms with van der Waals surface area (Å²) >= 11 is 5.63. The van der Waals surface area contributed by atoms with Crippen molar-refractivity contribution < 1.29 is 39.9 Å². The highest BCUT2D eigenvalue weighted by molar-refractivity contribution is 7.89. The second-order valence-electron chi connectivity index (χ2n) is 9.37. The van der Waals surface area contributed by atoms with Crippen LogP contribution in [0.5, 0.6) is 5.75 Å². The van der Waals surface area contributed by atoms with Crippen LogP contribution in [0.25, 0.3) is 0 Å². The van der Waals surface area contributed by atoms with E-state index in [9.17, 15) is 35.2 Å². The van der Waals surface area contributed by atoms with Crippen LogP contribution in [0.3, 0.4) is 0 Å². The summed E-state index contributed by atoms with van der Waals surface area (Å²) in [5, 5.41) is -0.675. The number of ether oxygens (including phenoxy) is 1. The number of piperidine rings is 1. The van der Waals surface area contributed by atoms with Crippen molar-refractivity contribution in [3.63, 3.8) is 0 Å². The molecule has 2 aromatic carbocycles. The maximum atomic E-state index is 14.8. The quantitative estimate of drug-likeness (QED) is 0.464. The lowest BCUT2D eigenvalue weighted by Crippen LogP contribution is -2.38. The number of nitrogens with one attached hydrogen (secondary N) is 1. The van der Waals surface area contributed by atoms with Crippen molar-refractivity contribution >= 4 is 27.5 Å².